The predicted molar refractivity (Wildman–Crippen MR) is 62.7 cm³/mol. The third-order valence-corrected chi connectivity index (χ3v) is 1.50. The fourth-order valence-electron chi connectivity index (χ4n) is 0.987. The number of hydrogen-bond donors (Lipinski definition) is 3. The molecule has 0 fully saturated rings. The Balaban J connectivity index is 3.81. The maximum Gasteiger partial charge on any atom is 0.221 e. The van der Waals surface area contributed by atoms with Crippen LogP contribution in [0.5, 0.6) is 0 Å². The number of carbonyl (C=O) groups excluding carboxylic acids is 1. The maximum atomic E-state index is 11.1. The molecule has 0 aromatic rings. The highest BCUT2D eigenvalue weighted by atomic mass is 16.1. The summed E-state index contributed by atoms with van der Waals surface area (Å²) in [5.74, 6) is 0.386. The number of guanidine groups is 1. The smallest absolute Gasteiger partial charge is 0.221 e. The van der Waals surface area contributed by atoms with E-state index in [0.717, 1.165) is 0 Å². The van der Waals surface area contributed by atoms with E-state index in [1.807, 2.05) is 27.7 Å². The topological polar surface area (TPSA) is 79.5 Å². The summed E-state index contributed by atoms with van der Waals surface area (Å²) in [4.78, 5) is 15.1. The molecule has 0 aliphatic carbocycles. The Morgan fingerprint density at radius 2 is 2.00 bits per heavy atom. The first-order valence-corrected chi connectivity index (χ1v) is 5.20. The molecule has 0 atom stereocenters. The monoisotopic (exact) mass is 214 g/mol. The van der Waals surface area contributed by atoms with Gasteiger partial charge >= 0.3 is 0 Å². The molecular formula is C10H22N4O. The second-order valence-electron chi connectivity index (χ2n) is 4.35. The van der Waals surface area contributed by atoms with Crippen LogP contribution in [0, 0.1) is 0 Å². The van der Waals surface area contributed by atoms with E-state index in [1.165, 1.54) is 0 Å². The van der Waals surface area contributed by atoms with Crippen LogP contribution in [0.15, 0.2) is 4.99 Å². The Hall–Kier alpha value is -1.26. The van der Waals surface area contributed by atoms with Crippen LogP contribution in [-0.4, -0.2) is 30.5 Å². The summed E-state index contributed by atoms with van der Waals surface area (Å²) in [5.41, 5.74) is 5.53. The van der Waals surface area contributed by atoms with Gasteiger partial charge in [0.05, 0.1) is 6.54 Å². The molecule has 0 unspecified atom stereocenters. The largest absolute Gasteiger partial charge is 0.370 e. The highest BCUT2D eigenvalue weighted by Crippen LogP contribution is 1.96. The van der Waals surface area contributed by atoms with Crippen LogP contribution in [0.4, 0.5) is 0 Å². The second kappa shape index (κ2) is 6.27. The Labute approximate surface area is 91.5 Å². The number of amides is 1. The normalized spacial score (nSPS) is 12.4. The minimum atomic E-state index is -0.0980. The molecule has 5 nitrogen and oxygen atoms in total. The quantitative estimate of drug-likeness (QED) is 0.462. The van der Waals surface area contributed by atoms with Crippen LogP contribution in [-0.2, 0) is 4.79 Å². The van der Waals surface area contributed by atoms with Gasteiger partial charge in [0.15, 0.2) is 5.96 Å². The van der Waals surface area contributed by atoms with E-state index in [-0.39, 0.29) is 11.4 Å². The summed E-state index contributed by atoms with van der Waals surface area (Å²) in [6.07, 6.45) is 0.375. The van der Waals surface area contributed by atoms with Crippen LogP contribution in [0.1, 0.15) is 34.1 Å². The molecule has 5 heteroatoms. The molecule has 0 aliphatic heterocycles. The van der Waals surface area contributed by atoms with Gasteiger partial charge in [0.2, 0.25) is 5.91 Å². The van der Waals surface area contributed by atoms with Gasteiger partial charge in [-0.2, -0.15) is 0 Å². The minimum absolute atomic E-state index is 0.00445. The number of nitrogens with two attached hydrogens (primary N) is 1. The van der Waals surface area contributed by atoms with Gasteiger partial charge < -0.3 is 16.4 Å². The zero-order valence-electron chi connectivity index (χ0n) is 10.1. The molecule has 0 aromatic heterocycles. The summed E-state index contributed by atoms with van der Waals surface area (Å²) in [5, 5.41) is 5.72. The standard InChI is InChI=1S/C10H22N4O/c1-5-12-8(15)6-7-13-9(11)14-10(2,3)4/h5-7H2,1-4H3,(H,12,15)(H3,11,13,14). The second-order valence-corrected chi connectivity index (χ2v) is 4.35. The summed E-state index contributed by atoms with van der Waals surface area (Å²) < 4.78 is 0. The van der Waals surface area contributed by atoms with E-state index in [4.69, 9.17) is 5.73 Å². The van der Waals surface area contributed by atoms with Crippen molar-refractivity contribution in [2.24, 2.45) is 10.7 Å². The number of nitrogens with one attached hydrogen (secondary N) is 2. The summed E-state index contributed by atoms with van der Waals surface area (Å²) >= 11 is 0. The fourth-order valence-corrected chi connectivity index (χ4v) is 0.987. The molecule has 0 bridgehead atoms. The Kier molecular flexibility index (Phi) is 5.74. The minimum Gasteiger partial charge on any atom is -0.370 e. The Bertz CT molecular complexity index is 230. The molecule has 0 radical (unpaired) electrons. The summed E-state index contributed by atoms with van der Waals surface area (Å²) in [7, 11) is 0. The lowest BCUT2D eigenvalue weighted by molar-refractivity contribution is -0.120. The molecular weight excluding hydrogens is 192 g/mol. The maximum absolute atomic E-state index is 11.1. The van der Waals surface area contributed by atoms with Crippen molar-refractivity contribution in [1.82, 2.24) is 10.6 Å². The first kappa shape index (κ1) is 13.7. The molecule has 4 N–H and O–H groups in total. The number of rotatable bonds is 4. The Morgan fingerprint density at radius 3 is 2.47 bits per heavy atom. The van der Waals surface area contributed by atoms with Gasteiger partial charge in [-0.3, -0.25) is 9.79 Å². The molecule has 1 amide bonds. The molecule has 0 saturated carbocycles. The van der Waals surface area contributed by atoms with Gasteiger partial charge in [0.25, 0.3) is 0 Å². The molecule has 0 spiro atoms. The summed E-state index contributed by atoms with van der Waals surface area (Å²) in [6.45, 7) is 8.95. The predicted octanol–water partition coefficient (Wildman–Crippen LogP) is 0.215. The Morgan fingerprint density at radius 1 is 1.40 bits per heavy atom. The zero-order valence-corrected chi connectivity index (χ0v) is 10.1. The lowest BCUT2D eigenvalue weighted by atomic mass is 10.1. The van der Waals surface area contributed by atoms with Crippen LogP contribution >= 0.6 is 0 Å². The highest BCUT2D eigenvalue weighted by Gasteiger charge is 2.09. The van der Waals surface area contributed by atoms with Crippen LogP contribution in [0.3, 0.4) is 0 Å². The molecule has 0 aliphatic rings. The van der Waals surface area contributed by atoms with E-state index in [0.29, 0.717) is 25.5 Å². The van der Waals surface area contributed by atoms with E-state index in [1.54, 1.807) is 0 Å². The van der Waals surface area contributed by atoms with E-state index in [9.17, 15) is 4.79 Å². The molecule has 0 heterocycles. The first-order valence-electron chi connectivity index (χ1n) is 5.20. The fraction of sp³-hybridized carbons (Fsp3) is 0.800. The van der Waals surface area contributed by atoms with Crippen molar-refractivity contribution in [1.29, 1.82) is 0 Å². The molecule has 88 valence electrons. The van der Waals surface area contributed by atoms with Gasteiger partial charge in [0.1, 0.15) is 0 Å². The third-order valence-electron chi connectivity index (χ3n) is 1.50. The van der Waals surface area contributed by atoms with Crippen molar-refractivity contribution >= 4 is 11.9 Å². The van der Waals surface area contributed by atoms with Crippen molar-refractivity contribution < 1.29 is 4.79 Å². The summed E-state index contributed by atoms with van der Waals surface area (Å²) in [6, 6.07) is 0. The average Bonchev–Trinajstić information content (AvgIpc) is 2.00. The molecule has 0 aromatic carbocycles. The zero-order chi connectivity index (χ0) is 11.9. The average molecular weight is 214 g/mol. The lowest BCUT2D eigenvalue weighted by Crippen LogP contribution is -2.45. The van der Waals surface area contributed by atoms with Gasteiger partial charge in [0, 0.05) is 18.5 Å². The molecule has 15 heavy (non-hydrogen) atoms. The molecule has 0 rings (SSSR count). The molecule has 0 saturated heterocycles. The number of nitrogens with zero attached hydrogens (tertiary/aromatic N) is 1. The van der Waals surface area contributed by atoms with Gasteiger partial charge in [-0.1, -0.05) is 0 Å². The number of hydrogen-bond acceptors (Lipinski definition) is 2. The van der Waals surface area contributed by atoms with Crippen molar-refractivity contribution in [3.05, 3.63) is 0 Å². The van der Waals surface area contributed by atoms with Crippen molar-refractivity contribution in [2.75, 3.05) is 13.1 Å². The van der Waals surface area contributed by atoms with Crippen molar-refractivity contribution in [3.63, 3.8) is 0 Å². The van der Waals surface area contributed by atoms with E-state index < -0.39 is 0 Å². The van der Waals surface area contributed by atoms with Crippen LogP contribution in [0.25, 0.3) is 0 Å². The van der Waals surface area contributed by atoms with E-state index >= 15 is 0 Å². The van der Waals surface area contributed by atoms with Crippen molar-refractivity contribution in [2.45, 2.75) is 39.7 Å². The number of aliphatic imine (C=N–C) groups is 1. The number of carbonyl (C=O) groups is 1. The lowest BCUT2D eigenvalue weighted by Gasteiger charge is -2.20. The van der Waals surface area contributed by atoms with E-state index in [2.05, 4.69) is 15.6 Å². The third kappa shape index (κ3) is 9.05. The van der Waals surface area contributed by atoms with Gasteiger partial charge in [-0.25, -0.2) is 0 Å². The van der Waals surface area contributed by atoms with Crippen LogP contribution < -0.4 is 16.4 Å². The van der Waals surface area contributed by atoms with Gasteiger partial charge in [-0.05, 0) is 27.7 Å². The van der Waals surface area contributed by atoms with Gasteiger partial charge in [-0.15, -0.1) is 0 Å². The first-order chi connectivity index (χ1) is 6.85. The van der Waals surface area contributed by atoms with Crippen molar-refractivity contribution in [3.8, 4) is 0 Å². The highest BCUT2D eigenvalue weighted by molar-refractivity contribution is 5.79. The van der Waals surface area contributed by atoms with Crippen LogP contribution in [0.2, 0.25) is 0 Å². The SMILES string of the molecule is CCNC(=O)CCN=C(N)NC(C)(C)C.